The Labute approximate surface area is 131 Å². The summed E-state index contributed by atoms with van der Waals surface area (Å²) in [4.78, 5) is 14.7. The predicted molar refractivity (Wildman–Crippen MR) is 89.6 cm³/mol. The first kappa shape index (κ1) is 16.3. The van der Waals surface area contributed by atoms with Gasteiger partial charge in [0.2, 0.25) is 5.91 Å². The third-order valence-electron chi connectivity index (χ3n) is 3.74. The Morgan fingerprint density at radius 3 is 2.71 bits per heavy atom. The quantitative estimate of drug-likeness (QED) is 0.750. The Hall–Kier alpha value is -1.04. The number of piperazine rings is 1. The number of hydrogen-bond acceptors (Lipinski definition) is 4. The molecular formula is C16H25N3OS. The molecule has 2 rings (SSSR count). The first-order valence-corrected chi connectivity index (χ1v) is 8.88. The van der Waals surface area contributed by atoms with Crippen LogP contribution in [-0.2, 0) is 4.79 Å². The number of nitrogens with one attached hydrogen (secondary N) is 2. The highest BCUT2D eigenvalue weighted by Crippen LogP contribution is 2.26. The van der Waals surface area contributed by atoms with Crippen molar-refractivity contribution in [3.05, 3.63) is 35.9 Å². The lowest BCUT2D eigenvalue weighted by Crippen LogP contribution is -2.44. The van der Waals surface area contributed by atoms with Crippen LogP contribution in [0.15, 0.2) is 30.3 Å². The van der Waals surface area contributed by atoms with E-state index in [9.17, 15) is 4.79 Å². The monoisotopic (exact) mass is 307 g/mol. The topological polar surface area (TPSA) is 44.4 Å². The smallest absolute Gasteiger partial charge is 0.237 e. The van der Waals surface area contributed by atoms with E-state index in [-0.39, 0.29) is 11.2 Å². The van der Waals surface area contributed by atoms with Gasteiger partial charge in [-0.25, -0.2) is 0 Å². The van der Waals surface area contributed by atoms with Crippen LogP contribution in [0.4, 0.5) is 0 Å². The molecule has 4 nitrogen and oxygen atoms in total. The van der Waals surface area contributed by atoms with Gasteiger partial charge in [0.15, 0.2) is 0 Å². The minimum absolute atomic E-state index is 0.106. The zero-order chi connectivity index (χ0) is 14.9. The average molecular weight is 307 g/mol. The first-order valence-electron chi connectivity index (χ1n) is 7.60. The van der Waals surface area contributed by atoms with Gasteiger partial charge in [0, 0.05) is 32.7 Å². The Bertz CT molecular complexity index is 421. The lowest BCUT2D eigenvalue weighted by molar-refractivity contribution is -0.120. The number of rotatable bonds is 7. The van der Waals surface area contributed by atoms with E-state index in [4.69, 9.17) is 0 Å². The fourth-order valence-electron chi connectivity index (χ4n) is 2.56. The Morgan fingerprint density at radius 1 is 1.33 bits per heavy atom. The molecule has 0 spiro atoms. The zero-order valence-corrected chi connectivity index (χ0v) is 13.5. The first-order chi connectivity index (χ1) is 10.3. The molecule has 0 bridgehead atoms. The van der Waals surface area contributed by atoms with Gasteiger partial charge in [0.05, 0.1) is 0 Å². The molecule has 0 radical (unpaired) electrons. The molecule has 1 aromatic rings. The van der Waals surface area contributed by atoms with Crippen molar-refractivity contribution >= 4 is 17.7 Å². The molecule has 21 heavy (non-hydrogen) atoms. The zero-order valence-electron chi connectivity index (χ0n) is 12.7. The van der Waals surface area contributed by atoms with E-state index in [0.29, 0.717) is 0 Å². The Kier molecular flexibility index (Phi) is 7.06. The molecule has 1 aliphatic heterocycles. The van der Waals surface area contributed by atoms with Crippen molar-refractivity contribution < 1.29 is 4.79 Å². The summed E-state index contributed by atoms with van der Waals surface area (Å²) in [6.45, 7) is 6.21. The highest BCUT2D eigenvalue weighted by atomic mass is 32.2. The molecule has 1 aliphatic rings. The van der Waals surface area contributed by atoms with Crippen molar-refractivity contribution in [3.63, 3.8) is 0 Å². The normalized spacial score (nSPS) is 17.4. The van der Waals surface area contributed by atoms with E-state index in [1.165, 1.54) is 0 Å². The van der Waals surface area contributed by atoms with Gasteiger partial charge in [0.25, 0.3) is 0 Å². The summed E-state index contributed by atoms with van der Waals surface area (Å²) >= 11 is 1.59. The van der Waals surface area contributed by atoms with Crippen LogP contribution in [0.1, 0.15) is 17.2 Å². The number of amides is 1. The number of nitrogens with zero attached hydrogens (tertiary/aromatic N) is 1. The molecule has 1 heterocycles. The second kappa shape index (κ2) is 9.07. The van der Waals surface area contributed by atoms with Crippen molar-refractivity contribution in [3.8, 4) is 0 Å². The molecule has 116 valence electrons. The summed E-state index contributed by atoms with van der Waals surface area (Å²) in [6.07, 6.45) is 3.00. The second-order valence-electron chi connectivity index (χ2n) is 5.26. The molecule has 0 aromatic heterocycles. The van der Waals surface area contributed by atoms with Crippen LogP contribution < -0.4 is 10.6 Å². The van der Waals surface area contributed by atoms with Gasteiger partial charge in [-0.1, -0.05) is 30.3 Å². The van der Waals surface area contributed by atoms with E-state index in [0.717, 1.165) is 51.3 Å². The van der Waals surface area contributed by atoms with Gasteiger partial charge < -0.3 is 15.5 Å². The van der Waals surface area contributed by atoms with Gasteiger partial charge >= 0.3 is 0 Å². The number of carbonyl (C=O) groups excluding carboxylic acids is 1. The summed E-state index contributed by atoms with van der Waals surface area (Å²) in [5.74, 6) is 0.119. The SMILES string of the molecule is CSC(C(=O)NCCCN1CCNCC1)c1ccccc1. The van der Waals surface area contributed by atoms with Crippen molar-refractivity contribution in [2.75, 3.05) is 45.5 Å². The molecule has 0 saturated carbocycles. The number of benzene rings is 1. The minimum atomic E-state index is -0.106. The maximum absolute atomic E-state index is 12.3. The van der Waals surface area contributed by atoms with E-state index in [2.05, 4.69) is 15.5 Å². The van der Waals surface area contributed by atoms with Crippen LogP contribution in [0.3, 0.4) is 0 Å². The maximum atomic E-state index is 12.3. The molecule has 1 atom stereocenters. The van der Waals surface area contributed by atoms with E-state index >= 15 is 0 Å². The molecule has 0 aliphatic carbocycles. The molecule has 1 aromatic carbocycles. The van der Waals surface area contributed by atoms with Crippen LogP contribution >= 0.6 is 11.8 Å². The molecule has 2 N–H and O–H groups in total. The largest absolute Gasteiger partial charge is 0.355 e. The van der Waals surface area contributed by atoms with Crippen molar-refractivity contribution in [2.45, 2.75) is 11.7 Å². The minimum Gasteiger partial charge on any atom is -0.355 e. The third-order valence-corrected chi connectivity index (χ3v) is 4.69. The predicted octanol–water partition coefficient (Wildman–Crippen LogP) is 1.50. The highest BCUT2D eigenvalue weighted by Gasteiger charge is 2.18. The summed E-state index contributed by atoms with van der Waals surface area (Å²) < 4.78 is 0. The average Bonchev–Trinajstić information content (AvgIpc) is 2.54. The third kappa shape index (κ3) is 5.34. The molecular weight excluding hydrogens is 282 g/mol. The van der Waals surface area contributed by atoms with Gasteiger partial charge in [-0.2, -0.15) is 0 Å². The number of hydrogen-bond donors (Lipinski definition) is 2. The van der Waals surface area contributed by atoms with Gasteiger partial charge in [-0.3, -0.25) is 4.79 Å². The summed E-state index contributed by atoms with van der Waals surface area (Å²) in [5, 5.41) is 6.31. The van der Waals surface area contributed by atoms with E-state index in [1.807, 2.05) is 36.6 Å². The van der Waals surface area contributed by atoms with Gasteiger partial charge in [-0.15, -0.1) is 11.8 Å². The van der Waals surface area contributed by atoms with E-state index in [1.54, 1.807) is 11.8 Å². The van der Waals surface area contributed by atoms with Crippen LogP contribution in [0, 0.1) is 0 Å². The van der Waals surface area contributed by atoms with E-state index < -0.39 is 0 Å². The van der Waals surface area contributed by atoms with Crippen molar-refractivity contribution in [1.82, 2.24) is 15.5 Å². The van der Waals surface area contributed by atoms with Crippen molar-refractivity contribution in [1.29, 1.82) is 0 Å². The fraction of sp³-hybridized carbons (Fsp3) is 0.562. The van der Waals surface area contributed by atoms with Crippen LogP contribution in [0.2, 0.25) is 0 Å². The molecule has 1 fully saturated rings. The van der Waals surface area contributed by atoms with Crippen LogP contribution in [-0.4, -0.2) is 56.3 Å². The fourth-order valence-corrected chi connectivity index (χ4v) is 3.29. The Balaban J connectivity index is 1.70. The lowest BCUT2D eigenvalue weighted by Gasteiger charge is -2.27. The van der Waals surface area contributed by atoms with Gasteiger partial charge in [-0.05, 0) is 24.8 Å². The Morgan fingerprint density at radius 2 is 2.05 bits per heavy atom. The van der Waals surface area contributed by atoms with Gasteiger partial charge in [0.1, 0.15) is 5.25 Å². The summed E-state index contributed by atoms with van der Waals surface area (Å²) in [7, 11) is 0. The standard InChI is InChI=1S/C16H25N3OS/c1-21-15(14-6-3-2-4-7-14)16(20)18-8-5-11-19-12-9-17-10-13-19/h2-4,6-7,15,17H,5,8-13H2,1H3,(H,18,20). The molecule has 1 unspecified atom stereocenters. The molecule has 5 heteroatoms. The summed E-state index contributed by atoms with van der Waals surface area (Å²) in [6, 6.07) is 9.97. The van der Waals surface area contributed by atoms with Crippen LogP contribution in [0.25, 0.3) is 0 Å². The number of carbonyl (C=O) groups is 1. The maximum Gasteiger partial charge on any atom is 0.237 e. The van der Waals surface area contributed by atoms with Crippen LogP contribution in [0.5, 0.6) is 0 Å². The number of thioether (sulfide) groups is 1. The second-order valence-corrected chi connectivity index (χ2v) is 6.21. The molecule has 1 saturated heterocycles. The van der Waals surface area contributed by atoms with Crippen molar-refractivity contribution in [2.24, 2.45) is 0 Å². The highest BCUT2D eigenvalue weighted by molar-refractivity contribution is 7.99. The lowest BCUT2D eigenvalue weighted by atomic mass is 10.1. The summed E-state index contributed by atoms with van der Waals surface area (Å²) in [5.41, 5.74) is 1.07. The molecule has 1 amide bonds.